The van der Waals surface area contributed by atoms with Gasteiger partial charge in [0.15, 0.2) is 12.7 Å². The number of hydrogen-bond donors (Lipinski definition) is 0. The van der Waals surface area contributed by atoms with Crippen molar-refractivity contribution >= 4 is 21.5 Å². The molecule has 4 aromatic carbocycles. The third-order valence-electron chi connectivity index (χ3n) is 4.87. The molecule has 0 aliphatic rings. The van der Waals surface area contributed by atoms with Crippen molar-refractivity contribution in [3.63, 3.8) is 0 Å². The Kier molecular flexibility index (Phi) is 4.19. The maximum absolute atomic E-state index is 6.35. The van der Waals surface area contributed by atoms with Crippen LogP contribution in [-0.2, 0) is 6.54 Å². The zero-order valence-electron chi connectivity index (χ0n) is 15.3. The second-order valence-electron chi connectivity index (χ2n) is 6.80. The molecule has 0 saturated carbocycles. The summed E-state index contributed by atoms with van der Waals surface area (Å²) in [6.45, 7) is 0.774. The van der Waals surface area contributed by atoms with Gasteiger partial charge in [0.2, 0.25) is 6.20 Å². The lowest BCUT2D eigenvalue weighted by molar-refractivity contribution is -0.689. The van der Waals surface area contributed by atoms with Crippen LogP contribution in [0.3, 0.4) is 0 Å². The van der Waals surface area contributed by atoms with Crippen LogP contribution in [0.1, 0.15) is 5.56 Å². The third kappa shape index (κ3) is 3.19. The molecule has 1 aromatic heterocycles. The number of nitrogens with zero attached hydrogens (tertiary/aromatic N) is 2. The Morgan fingerprint density at radius 3 is 2.11 bits per heavy atom. The first-order valence-corrected chi connectivity index (χ1v) is 9.34. The van der Waals surface area contributed by atoms with Gasteiger partial charge in [-0.3, -0.25) is 0 Å². The van der Waals surface area contributed by atoms with Gasteiger partial charge < -0.3 is 4.74 Å². The molecule has 28 heavy (non-hydrogen) atoms. The van der Waals surface area contributed by atoms with Gasteiger partial charge in [-0.25, -0.2) is 4.98 Å². The molecule has 0 unspecified atom stereocenters. The number of hydrogen-bond acceptors (Lipinski definition) is 2. The molecule has 0 fully saturated rings. The van der Waals surface area contributed by atoms with Crippen LogP contribution in [0.4, 0.5) is 0 Å². The maximum atomic E-state index is 6.35. The summed E-state index contributed by atoms with van der Waals surface area (Å²) >= 11 is 0. The van der Waals surface area contributed by atoms with Crippen LogP contribution in [0, 0.1) is 0 Å². The molecule has 0 aliphatic heterocycles. The largest absolute Gasteiger partial charge is 0.433 e. The fraction of sp³-hybridized carbons (Fsp3) is 0.0400. The first-order valence-electron chi connectivity index (χ1n) is 9.34. The summed E-state index contributed by atoms with van der Waals surface area (Å²) in [5.41, 5.74) is 1.24. The highest BCUT2D eigenvalue weighted by Gasteiger charge is 2.13. The van der Waals surface area contributed by atoms with E-state index in [-0.39, 0.29) is 0 Å². The molecular formula is C25H19N2O+. The van der Waals surface area contributed by atoms with Crippen molar-refractivity contribution in [2.75, 3.05) is 0 Å². The second kappa shape index (κ2) is 7.12. The second-order valence-corrected chi connectivity index (χ2v) is 6.80. The van der Waals surface area contributed by atoms with Crippen LogP contribution in [0.25, 0.3) is 21.5 Å². The topological polar surface area (TPSA) is 26.0 Å². The SMILES string of the molecule is c1ccc(C[n+]2ccnc(Oc3c4ccccc4cc4ccccc34)c2)cc1. The van der Waals surface area contributed by atoms with E-state index in [2.05, 4.69) is 76.3 Å². The molecule has 0 spiro atoms. The number of rotatable bonds is 4. The standard InChI is InChI=1S/C25H19N2O/c1-2-8-19(9-3-1)17-27-15-14-26-24(18-27)28-25-22-12-6-4-10-20(22)16-21-11-5-7-13-23(21)25/h1-16,18H,17H2/q+1. The fourth-order valence-corrected chi connectivity index (χ4v) is 3.54. The van der Waals surface area contributed by atoms with Gasteiger partial charge in [-0.05, 0) is 16.8 Å². The Bertz CT molecular complexity index is 1210. The van der Waals surface area contributed by atoms with E-state index in [1.165, 1.54) is 5.56 Å². The first-order chi connectivity index (χ1) is 13.9. The summed E-state index contributed by atoms with van der Waals surface area (Å²) in [5.74, 6) is 1.43. The van der Waals surface area contributed by atoms with E-state index < -0.39 is 0 Å². The summed E-state index contributed by atoms with van der Waals surface area (Å²) in [6, 6.07) is 29.2. The van der Waals surface area contributed by atoms with Crippen molar-refractivity contribution in [1.29, 1.82) is 0 Å². The molecule has 0 bridgehead atoms. The highest BCUT2D eigenvalue weighted by atomic mass is 16.5. The fourth-order valence-electron chi connectivity index (χ4n) is 3.54. The van der Waals surface area contributed by atoms with E-state index in [9.17, 15) is 0 Å². The molecular weight excluding hydrogens is 344 g/mol. The maximum Gasteiger partial charge on any atom is 0.285 e. The van der Waals surface area contributed by atoms with Gasteiger partial charge in [-0.2, -0.15) is 4.57 Å². The zero-order chi connectivity index (χ0) is 18.8. The summed E-state index contributed by atoms with van der Waals surface area (Å²) in [5, 5.41) is 4.48. The molecule has 0 N–H and O–H groups in total. The summed E-state index contributed by atoms with van der Waals surface area (Å²) < 4.78 is 8.44. The molecule has 0 aliphatic carbocycles. The molecule has 3 heteroatoms. The van der Waals surface area contributed by atoms with Crippen LogP contribution < -0.4 is 9.30 Å². The lowest BCUT2D eigenvalue weighted by Crippen LogP contribution is -2.33. The molecule has 5 aromatic rings. The average Bonchev–Trinajstić information content (AvgIpc) is 2.75. The van der Waals surface area contributed by atoms with E-state index in [0.29, 0.717) is 5.88 Å². The van der Waals surface area contributed by atoms with E-state index >= 15 is 0 Å². The minimum absolute atomic E-state index is 0.583. The molecule has 0 amide bonds. The third-order valence-corrected chi connectivity index (χ3v) is 4.87. The molecule has 0 atom stereocenters. The molecule has 3 nitrogen and oxygen atoms in total. The smallest absolute Gasteiger partial charge is 0.285 e. The van der Waals surface area contributed by atoms with E-state index in [0.717, 1.165) is 33.8 Å². The van der Waals surface area contributed by atoms with Gasteiger partial charge in [0.05, 0.1) is 6.20 Å². The van der Waals surface area contributed by atoms with Gasteiger partial charge in [0, 0.05) is 16.3 Å². The molecule has 1 heterocycles. The highest BCUT2D eigenvalue weighted by molar-refractivity contribution is 6.05. The van der Waals surface area contributed by atoms with Crippen molar-refractivity contribution in [2.24, 2.45) is 0 Å². The van der Waals surface area contributed by atoms with Gasteiger partial charge >= 0.3 is 0 Å². The first kappa shape index (κ1) is 16.5. The quantitative estimate of drug-likeness (QED) is 0.310. The minimum Gasteiger partial charge on any atom is -0.433 e. The predicted octanol–water partition coefficient (Wildman–Crippen LogP) is 5.52. The van der Waals surface area contributed by atoms with E-state index in [4.69, 9.17) is 4.74 Å². The molecule has 0 saturated heterocycles. The number of benzene rings is 4. The molecule has 5 rings (SSSR count). The van der Waals surface area contributed by atoms with Crippen molar-refractivity contribution in [1.82, 2.24) is 4.98 Å². The minimum atomic E-state index is 0.583. The highest BCUT2D eigenvalue weighted by Crippen LogP contribution is 2.36. The van der Waals surface area contributed by atoms with Crippen LogP contribution >= 0.6 is 0 Å². The predicted molar refractivity (Wildman–Crippen MR) is 112 cm³/mol. The Labute approximate surface area is 163 Å². The van der Waals surface area contributed by atoms with Crippen LogP contribution in [0.15, 0.2) is 104 Å². The zero-order valence-corrected chi connectivity index (χ0v) is 15.3. The van der Waals surface area contributed by atoms with Gasteiger partial charge in [-0.15, -0.1) is 0 Å². The number of aromatic nitrogens is 2. The lowest BCUT2D eigenvalue weighted by Gasteiger charge is -2.11. The van der Waals surface area contributed by atoms with Crippen molar-refractivity contribution in [2.45, 2.75) is 6.54 Å². The lowest BCUT2D eigenvalue weighted by atomic mass is 10.0. The van der Waals surface area contributed by atoms with E-state index in [1.54, 1.807) is 6.20 Å². The number of ether oxygens (including phenoxy) is 1. The van der Waals surface area contributed by atoms with E-state index in [1.807, 2.05) is 30.6 Å². The summed E-state index contributed by atoms with van der Waals surface area (Å²) in [6.07, 6.45) is 5.69. The van der Waals surface area contributed by atoms with Crippen molar-refractivity contribution in [3.8, 4) is 11.6 Å². The molecule has 0 radical (unpaired) electrons. The Hall–Kier alpha value is -3.72. The molecule has 134 valence electrons. The van der Waals surface area contributed by atoms with Gasteiger partial charge in [0.25, 0.3) is 5.88 Å². The van der Waals surface area contributed by atoms with Crippen LogP contribution in [0.2, 0.25) is 0 Å². The Morgan fingerprint density at radius 2 is 1.39 bits per heavy atom. The van der Waals surface area contributed by atoms with Crippen molar-refractivity contribution < 1.29 is 9.30 Å². The monoisotopic (exact) mass is 363 g/mol. The number of fused-ring (bicyclic) bond motifs is 2. The van der Waals surface area contributed by atoms with Crippen LogP contribution in [-0.4, -0.2) is 4.98 Å². The Balaban J connectivity index is 1.57. The Morgan fingerprint density at radius 1 is 0.750 bits per heavy atom. The van der Waals surface area contributed by atoms with Crippen molar-refractivity contribution in [3.05, 3.63) is 109 Å². The van der Waals surface area contributed by atoms with Gasteiger partial charge in [0.1, 0.15) is 5.75 Å². The summed E-state index contributed by atoms with van der Waals surface area (Å²) in [7, 11) is 0. The van der Waals surface area contributed by atoms with Crippen LogP contribution in [0.5, 0.6) is 11.6 Å². The average molecular weight is 363 g/mol. The normalized spacial score (nSPS) is 11.0. The summed E-state index contributed by atoms with van der Waals surface area (Å²) in [4.78, 5) is 4.45. The van der Waals surface area contributed by atoms with Gasteiger partial charge in [-0.1, -0.05) is 78.9 Å².